The van der Waals surface area contributed by atoms with Crippen molar-refractivity contribution in [1.82, 2.24) is 29.7 Å². The Balaban J connectivity index is 1.18. The SMILES string of the molecule is CCN1CCN(Cc2ccc(NC(=O)c3ccc(C#Cc4cnc(N)nc4-c4cc5c(n4C)CCNC5=O)s3)cc2C(F)(F)F)CC1. The number of nitrogens with zero attached hydrogens (tertiary/aromatic N) is 5. The first-order valence-electron chi connectivity index (χ1n) is 15.2. The van der Waals surface area contributed by atoms with E-state index in [0.29, 0.717) is 53.4 Å². The summed E-state index contributed by atoms with van der Waals surface area (Å²) in [7, 11) is 1.85. The van der Waals surface area contributed by atoms with Crippen LogP contribution in [0.25, 0.3) is 11.4 Å². The lowest BCUT2D eigenvalue weighted by molar-refractivity contribution is -0.138. The fraction of sp³-hybridized carbons (Fsp3) is 0.333. The number of likely N-dealkylation sites (N-methyl/N-ethyl adjacent to an activating group) is 1. The van der Waals surface area contributed by atoms with Gasteiger partial charge in [-0.05, 0) is 42.4 Å². The van der Waals surface area contributed by atoms with Crippen LogP contribution in [0.5, 0.6) is 0 Å². The quantitative estimate of drug-likeness (QED) is 0.265. The van der Waals surface area contributed by atoms with Gasteiger partial charge in [0.2, 0.25) is 5.95 Å². The lowest BCUT2D eigenvalue weighted by Gasteiger charge is -2.34. The number of fused-ring (bicyclic) bond motifs is 1. The normalized spacial score (nSPS) is 15.5. The van der Waals surface area contributed by atoms with Gasteiger partial charge in [0.15, 0.2) is 0 Å². The second kappa shape index (κ2) is 13.2. The van der Waals surface area contributed by atoms with Gasteiger partial charge in [0.1, 0.15) is 5.69 Å². The Bertz CT molecular complexity index is 1900. The van der Waals surface area contributed by atoms with Crippen LogP contribution in [0.4, 0.5) is 24.8 Å². The molecule has 1 aromatic carbocycles. The molecule has 6 rings (SSSR count). The fourth-order valence-electron chi connectivity index (χ4n) is 5.85. The third-order valence-corrected chi connectivity index (χ3v) is 9.43. The molecule has 3 aromatic heterocycles. The Morgan fingerprint density at radius 3 is 2.60 bits per heavy atom. The van der Waals surface area contributed by atoms with Crippen LogP contribution in [0.3, 0.4) is 0 Å². The average molecular weight is 663 g/mol. The maximum atomic E-state index is 14.1. The highest BCUT2D eigenvalue weighted by atomic mass is 32.1. The van der Waals surface area contributed by atoms with Gasteiger partial charge in [-0.2, -0.15) is 13.2 Å². The molecule has 244 valence electrons. The topological polar surface area (TPSA) is 121 Å². The van der Waals surface area contributed by atoms with E-state index in [1.165, 1.54) is 18.3 Å². The van der Waals surface area contributed by atoms with E-state index >= 15 is 0 Å². The molecule has 14 heteroatoms. The van der Waals surface area contributed by atoms with Gasteiger partial charge in [-0.3, -0.25) is 14.5 Å². The minimum atomic E-state index is -4.57. The first kappa shape index (κ1) is 32.2. The molecule has 0 spiro atoms. The summed E-state index contributed by atoms with van der Waals surface area (Å²) in [4.78, 5) is 39.1. The van der Waals surface area contributed by atoms with Crippen LogP contribution in [-0.4, -0.2) is 75.4 Å². The first-order valence-corrected chi connectivity index (χ1v) is 16.0. The molecule has 5 heterocycles. The molecule has 1 saturated heterocycles. The number of hydrogen-bond donors (Lipinski definition) is 3. The van der Waals surface area contributed by atoms with Crippen LogP contribution < -0.4 is 16.4 Å². The van der Waals surface area contributed by atoms with Crippen molar-refractivity contribution in [3.63, 3.8) is 0 Å². The lowest BCUT2D eigenvalue weighted by atomic mass is 10.0. The summed E-state index contributed by atoms with van der Waals surface area (Å²) in [5.74, 6) is 5.44. The summed E-state index contributed by atoms with van der Waals surface area (Å²) >= 11 is 1.11. The number of carbonyl (C=O) groups is 2. The molecule has 4 N–H and O–H groups in total. The Kier molecular flexibility index (Phi) is 9.05. The number of halogens is 3. The van der Waals surface area contributed by atoms with Crippen molar-refractivity contribution in [2.24, 2.45) is 7.05 Å². The van der Waals surface area contributed by atoms with Crippen molar-refractivity contribution in [2.45, 2.75) is 26.1 Å². The number of nitrogens with one attached hydrogen (secondary N) is 2. The van der Waals surface area contributed by atoms with E-state index in [9.17, 15) is 22.8 Å². The highest BCUT2D eigenvalue weighted by Gasteiger charge is 2.34. The second-order valence-corrected chi connectivity index (χ2v) is 12.5. The molecule has 47 heavy (non-hydrogen) atoms. The molecule has 4 aromatic rings. The third kappa shape index (κ3) is 7.02. The van der Waals surface area contributed by atoms with E-state index in [1.807, 2.05) is 16.5 Å². The predicted octanol–water partition coefficient (Wildman–Crippen LogP) is 4.22. The summed E-state index contributed by atoms with van der Waals surface area (Å²) in [6, 6.07) is 8.94. The van der Waals surface area contributed by atoms with Crippen LogP contribution in [0.2, 0.25) is 0 Å². The van der Waals surface area contributed by atoms with Gasteiger partial charge in [0.05, 0.1) is 32.1 Å². The number of carbonyl (C=O) groups excluding carboxylic acids is 2. The van der Waals surface area contributed by atoms with E-state index < -0.39 is 17.6 Å². The van der Waals surface area contributed by atoms with Crippen molar-refractivity contribution >= 4 is 34.8 Å². The van der Waals surface area contributed by atoms with E-state index in [0.717, 1.165) is 42.7 Å². The monoisotopic (exact) mass is 662 g/mol. The Hall–Kier alpha value is -4.71. The summed E-state index contributed by atoms with van der Waals surface area (Å²) in [5, 5.41) is 5.44. The maximum Gasteiger partial charge on any atom is 0.416 e. The number of rotatable bonds is 6. The molecule has 0 aliphatic carbocycles. The molecule has 0 radical (unpaired) electrons. The van der Waals surface area contributed by atoms with Gasteiger partial charge >= 0.3 is 6.18 Å². The molecule has 2 aliphatic heterocycles. The lowest BCUT2D eigenvalue weighted by Crippen LogP contribution is -2.45. The molecule has 0 saturated carbocycles. The fourth-order valence-corrected chi connectivity index (χ4v) is 6.61. The third-order valence-electron chi connectivity index (χ3n) is 8.43. The highest BCUT2D eigenvalue weighted by molar-refractivity contribution is 7.14. The molecule has 2 aliphatic rings. The van der Waals surface area contributed by atoms with Crippen molar-refractivity contribution in [2.75, 3.05) is 50.3 Å². The Morgan fingerprint density at radius 1 is 1.11 bits per heavy atom. The van der Waals surface area contributed by atoms with Crippen molar-refractivity contribution in [3.8, 4) is 23.2 Å². The first-order chi connectivity index (χ1) is 22.5. The van der Waals surface area contributed by atoms with E-state index in [4.69, 9.17) is 5.73 Å². The van der Waals surface area contributed by atoms with Crippen LogP contribution in [0.1, 0.15) is 54.2 Å². The zero-order valence-electron chi connectivity index (χ0n) is 25.9. The van der Waals surface area contributed by atoms with Gasteiger partial charge in [-0.1, -0.05) is 24.8 Å². The van der Waals surface area contributed by atoms with E-state index in [2.05, 4.69) is 44.3 Å². The predicted molar refractivity (Wildman–Crippen MR) is 174 cm³/mol. The van der Waals surface area contributed by atoms with Crippen LogP contribution in [0.15, 0.2) is 42.6 Å². The van der Waals surface area contributed by atoms with Crippen molar-refractivity contribution < 1.29 is 22.8 Å². The highest BCUT2D eigenvalue weighted by Crippen LogP contribution is 2.35. The van der Waals surface area contributed by atoms with Gasteiger partial charge in [0, 0.05) is 70.3 Å². The number of hydrogen-bond acceptors (Lipinski definition) is 8. The van der Waals surface area contributed by atoms with Crippen LogP contribution in [0, 0.1) is 11.8 Å². The van der Waals surface area contributed by atoms with Gasteiger partial charge < -0.3 is 25.8 Å². The molecule has 1 fully saturated rings. The maximum absolute atomic E-state index is 14.1. The van der Waals surface area contributed by atoms with Gasteiger partial charge in [-0.15, -0.1) is 11.3 Å². The smallest absolute Gasteiger partial charge is 0.368 e. The molecule has 0 atom stereocenters. The molecule has 0 bridgehead atoms. The summed E-state index contributed by atoms with van der Waals surface area (Å²) in [5.41, 5.74) is 8.45. The minimum absolute atomic E-state index is 0.0563. The van der Waals surface area contributed by atoms with Crippen LogP contribution in [-0.2, 0) is 26.2 Å². The number of aromatic nitrogens is 3. The molecule has 0 unspecified atom stereocenters. The summed E-state index contributed by atoms with van der Waals surface area (Å²) in [6.45, 7) is 6.77. The number of amides is 2. The molecule has 10 nitrogen and oxygen atoms in total. The number of anilines is 2. The average Bonchev–Trinajstić information content (AvgIpc) is 3.66. The summed E-state index contributed by atoms with van der Waals surface area (Å²) in [6.07, 6.45) is -2.38. The molecule has 2 amide bonds. The zero-order chi connectivity index (χ0) is 33.3. The van der Waals surface area contributed by atoms with E-state index in [-0.39, 0.29) is 34.5 Å². The minimum Gasteiger partial charge on any atom is -0.368 e. The molecular weight excluding hydrogens is 629 g/mol. The van der Waals surface area contributed by atoms with E-state index in [1.54, 1.807) is 18.2 Å². The number of piperazine rings is 1. The summed E-state index contributed by atoms with van der Waals surface area (Å²) < 4.78 is 44.1. The number of alkyl halides is 3. The largest absolute Gasteiger partial charge is 0.416 e. The Morgan fingerprint density at radius 2 is 1.87 bits per heavy atom. The van der Waals surface area contributed by atoms with Crippen molar-refractivity contribution in [1.29, 1.82) is 0 Å². The van der Waals surface area contributed by atoms with Gasteiger partial charge in [0.25, 0.3) is 11.8 Å². The van der Waals surface area contributed by atoms with Crippen LogP contribution >= 0.6 is 11.3 Å². The number of nitrogen functional groups attached to an aromatic ring is 1. The van der Waals surface area contributed by atoms with Gasteiger partial charge in [-0.25, -0.2) is 9.97 Å². The standard InChI is InChI=1S/C33H33F3N8O2S/c1-3-43-12-14-44(15-13-43)19-21-4-6-22(16-25(21)33(34,35)36)40-31(46)28-9-8-23(47-28)7-5-20-18-39-32(37)41-29(20)27-17-24-26(42(27)2)10-11-38-30(24)45/h4,6,8-9,16-18H,3,10-15,19H2,1-2H3,(H,38,45)(H,40,46)(H2,37,39,41). The molecular formula is C33H33F3N8O2S. The Labute approximate surface area is 273 Å². The number of thiophene rings is 1. The number of nitrogens with two attached hydrogens (primary N) is 1. The number of benzene rings is 1. The zero-order valence-corrected chi connectivity index (χ0v) is 26.7. The van der Waals surface area contributed by atoms with Crippen molar-refractivity contribution in [3.05, 3.63) is 80.3 Å². The second-order valence-electron chi connectivity index (χ2n) is 11.4.